The third kappa shape index (κ3) is 8.99. The van der Waals surface area contributed by atoms with Crippen LogP contribution in [0, 0.1) is 18.3 Å². The molecule has 0 bridgehead atoms. The Morgan fingerprint density at radius 3 is 2.04 bits per heavy atom. The largest absolute Gasteiger partial charge is 0.463 e. The fourth-order valence-electron chi connectivity index (χ4n) is 4.81. The molecule has 5 atom stereocenters. The highest BCUT2D eigenvalue weighted by Crippen LogP contribution is 2.40. The van der Waals surface area contributed by atoms with Crippen molar-refractivity contribution in [1.82, 2.24) is 4.98 Å². The van der Waals surface area contributed by atoms with E-state index in [0.29, 0.717) is 22.5 Å². The summed E-state index contributed by atoms with van der Waals surface area (Å²) in [6.07, 6.45) is -7.27. The van der Waals surface area contributed by atoms with Crippen molar-refractivity contribution in [1.29, 1.82) is 5.26 Å². The summed E-state index contributed by atoms with van der Waals surface area (Å²) in [6.45, 7) is 5.67. The minimum absolute atomic E-state index is 0.0488. The second-order valence-corrected chi connectivity index (χ2v) is 11.4. The maximum absolute atomic E-state index is 12.3. The number of ether oxygens (including phenoxy) is 6. The number of aromatic nitrogens is 1. The summed E-state index contributed by atoms with van der Waals surface area (Å²) in [5, 5.41) is 19.1. The number of benzene rings is 2. The van der Waals surface area contributed by atoms with E-state index in [-0.39, 0.29) is 17.1 Å². The Bertz CT molecular complexity index is 1740. The molecule has 0 unspecified atom stereocenters. The van der Waals surface area contributed by atoms with Crippen molar-refractivity contribution in [3.63, 3.8) is 0 Å². The van der Waals surface area contributed by atoms with Gasteiger partial charge in [0.1, 0.15) is 35.7 Å². The van der Waals surface area contributed by atoms with Gasteiger partial charge in [0.05, 0.1) is 5.69 Å². The molecule has 3 aromatic rings. The molecule has 1 fully saturated rings. The maximum atomic E-state index is 12.3. The predicted octanol–water partition coefficient (Wildman–Crippen LogP) is 5.57. The molecule has 4 rings (SSSR count). The summed E-state index contributed by atoms with van der Waals surface area (Å²) in [5.74, 6) is -3.31. The van der Waals surface area contributed by atoms with Gasteiger partial charge in [-0.15, -0.1) is 5.11 Å². The number of nitrogens with zero attached hydrogens (tertiary/aromatic N) is 4. The number of carbonyl (C=O) groups excluding carboxylic acids is 4. The highest BCUT2D eigenvalue weighted by molar-refractivity contribution is 9.10. The standard InChI is InChI=1S/C33H31BrN4O10/c1-17-25(15-35)32(36-28(22-9-7-6-8-10-22)27(17)38-37-24-13-11-23(34)12-14-24)48-33-31(46-21(5)42)30(45-20(4)41)29(44-19(3)40)26(47-33)16-43-18(2)39/h6-14,26,29-31,33H,16H2,1-5H3/t26-,29-,30+,31-,33+/m1/s1. The Balaban J connectivity index is 1.86. The van der Waals surface area contributed by atoms with E-state index in [1.807, 2.05) is 18.2 Å². The van der Waals surface area contributed by atoms with Gasteiger partial charge >= 0.3 is 23.9 Å². The molecule has 0 spiro atoms. The van der Waals surface area contributed by atoms with Crippen molar-refractivity contribution in [2.75, 3.05) is 6.61 Å². The van der Waals surface area contributed by atoms with Gasteiger partial charge in [0, 0.05) is 43.3 Å². The fourth-order valence-corrected chi connectivity index (χ4v) is 5.08. The molecule has 0 amide bonds. The van der Waals surface area contributed by atoms with Crippen molar-refractivity contribution in [3.05, 3.63) is 70.2 Å². The molecule has 0 N–H and O–H groups in total. The van der Waals surface area contributed by atoms with E-state index in [1.165, 1.54) is 0 Å². The van der Waals surface area contributed by atoms with Crippen LogP contribution < -0.4 is 4.74 Å². The minimum atomic E-state index is -1.61. The van der Waals surface area contributed by atoms with Crippen molar-refractivity contribution < 1.29 is 47.6 Å². The zero-order valence-electron chi connectivity index (χ0n) is 26.5. The van der Waals surface area contributed by atoms with E-state index < -0.39 is 61.2 Å². The van der Waals surface area contributed by atoms with Crippen LogP contribution in [0.2, 0.25) is 0 Å². The van der Waals surface area contributed by atoms with Crippen LogP contribution in [0.3, 0.4) is 0 Å². The Kier molecular flexibility index (Phi) is 11.9. The van der Waals surface area contributed by atoms with Crippen molar-refractivity contribution in [2.45, 2.75) is 65.3 Å². The normalized spacial score (nSPS) is 20.3. The van der Waals surface area contributed by atoms with Gasteiger partial charge in [-0.1, -0.05) is 46.3 Å². The summed E-state index contributed by atoms with van der Waals surface area (Å²) in [6, 6.07) is 18.2. The van der Waals surface area contributed by atoms with Crippen LogP contribution >= 0.6 is 15.9 Å². The molecule has 1 aromatic heterocycles. The molecule has 48 heavy (non-hydrogen) atoms. The van der Waals surface area contributed by atoms with Gasteiger partial charge < -0.3 is 28.4 Å². The summed E-state index contributed by atoms with van der Waals surface area (Å²) < 4.78 is 34.7. The number of nitriles is 1. The number of azo groups is 1. The molecule has 0 saturated carbocycles. The van der Waals surface area contributed by atoms with E-state index in [9.17, 15) is 24.4 Å². The van der Waals surface area contributed by atoms with Crippen molar-refractivity contribution in [3.8, 4) is 23.2 Å². The Morgan fingerprint density at radius 1 is 0.854 bits per heavy atom. The molecule has 1 saturated heterocycles. The van der Waals surface area contributed by atoms with E-state index >= 15 is 0 Å². The minimum Gasteiger partial charge on any atom is -0.463 e. The van der Waals surface area contributed by atoms with E-state index in [1.54, 1.807) is 43.3 Å². The first-order valence-electron chi connectivity index (χ1n) is 14.5. The first-order valence-corrected chi connectivity index (χ1v) is 15.3. The molecule has 1 aliphatic rings. The molecule has 15 heteroatoms. The van der Waals surface area contributed by atoms with Gasteiger partial charge in [0.2, 0.25) is 18.3 Å². The van der Waals surface area contributed by atoms with Crippen LogP contribution in [0.25, 0.3) is 11.3 Å². The van der Waals surface area contributed by atoms with Gasteiger partial charge in [-0.3, -0.25) is 19.2 Å². The van der Waals surface area contributed by atoms with Gasteiger partial charge in [-0.05, 0) is 31.2 Å². The van der Waals surface area contributed by atoms with Gasteiger partial charge in [-0.25, -0.2) is 4.98 Å². The summed E-state index contributed by atoms with van der Waals surface area (Å²) in [4.78, 5) is 53.0. The van der Waals surface area contributed by atoms with E-state index in [2.05, 4.69) is 37.2 Å². The SMILES string of the molecule is CC(=O)OC[C@H]1O[C@@H](Oc2nc(-c3ccccc3)c(N=Nc3ccc(Br)cc3)c(C)c2C#N)[C@H](OC(C)=O)[C@@H](OC(C)=O)[C@@H]1OC(C)=O. The smallest absolute Gasteiger partial charge is 0.303 e. The monoisotopic (exact) mass is 722 g/mol. The van der Waals surface area contributed by atoms with Crippen molar-refractivity contribution in [2.24, 2.45) is 10.2 Å². The molecule has 0 aliphatic carbocycles. The first-order chi connectivity index (χ1) is 22.9. The van der Waals surface area contributed by atoms with Crippen LogP contribution in [0.4, 0.5) is 11.4 Å². The zero-order valence-corrected chi connectivity index (χ0v) is 28.1. The summed E-state index contributed by atoms with van der Waals surface area (Å²) in [5.41, 5.74) is 2.05. The fraction of sp³-hybridized carbons (Fsp3) is 0.333. The number of hydrogen-bond donors (Lipinski definition) is 0. The zero-order chi connectivity index (χ0) is 35.0. The molecule has 14 nitrogen and oxygen atoms in total. The quantitative estimate of drug-likeness (QED) is 0.144. The molecular weight excluding hydrogens is 692 g/mol. The number of pyridine rings is 1. The van der Waals surface area contributed by atoms with E-state index in [0.717, 1.165) is 32.2 Å². The number of hydrogen-bond acceptors (Lipinski definition) is 14. The highest BCUT2D eigenvalue weighted by Gasteiger charge is 2.53. The second kappa shape index (κ2) is 16.1. The Labute approximate surface area is 284 Å². The van der Waals surface area contributed by atoms with Crippen LogP contribution in [0.15, 0.2) is 69.3 Å². The van der Waals surface area contributed by atoms with Gasteiger partial charge in [0.25, 0.3) is 0 Å². The average molecular weight is 724 g/mol. The molecule has 2 heterocycles. The third-order valence-electron chi connectivity index (χ3n) is 6.81. The summed E-state index contributed by atoms with van der Waals surface area (Å²) >= 11 is 3.39. The lowest BCUT2D eigenvalue weighted by atomic mass is 9.98. The Hall–Kier alpha value is -5.20. The highest BCUT2D eigenvalue weighted by atomic mass is 79.9. The third-order valence-corrected chi connectivity index (χ3v) is 7.34. The number of esters is 4. The van der Waals surface area contributed by atoms with E-state index in [4.69, 9.17) is 28.4 Å². The molecule has 250 valence electrons. The molecular formula is C33H31BrN4O10. The van der Waals surface area contributed by atoms with Crippen LogP contribution in [0.5, 0.6) is 5.88 Å². The molecule has 2 aromatic carbocycles. The lowest BCUT2D eigenvalue weighted by Crippen LogP contribution is -2.63. The lowest BCUT2D eigenvalue weighted by molar-refractivity contribution is -0.289. The van der Waals surface area contributed by atoms with Crippen molar-refractivity contribution >= 4 is 51.2 Å². The van der Waals surface area contributed by atoms with Crippen LogP contribution in [0.1, 0.15) is 38.8 Å². The van der Waals surface area contributed by atoms with Gasteiger partial charge in [0.15, 0.2) is 12.2 Å². The number of carbonyl (C=O) groups is 4. The van der Waals surface area contributed by atoms with Gasteiger partial charge in [-0.2, -0.15) is 10.4 Å². The summed E-state index contributed by atoms with van der Waals surface area (Å²) in [7, 11) is 0. The second-order valence-electron chi connectivity index (χ2n) is 10.5. The van der Waals surface area contributed by atoms with Crippen LogP contribution in [-0.4, -0.2) is 66.2 Å². The predicted molar refractivity (Wildman–Crippen MR) is 170 cm³/mol. The topological polar surface area (TPSA) is 185 Å². The maximum Gasteiger partial charge on any atom is 0.303 e. The Morgan fingerprint density at radius 2 is 1.46 bits per heavy atom. The average Bonchev–Trinajstić information content (AvgIpc) is 3.03. The number of rotatable bonds is 10. The molecule has 0 radical (unpaired) electrons. The number of halogens is 1. The molecule has 1 aliphatic heterocycles. The van der Waals surface area contributed by atoms with Crippen LogP contribution in [-0.2, 0) is 42.9 Å². The first kappa shape index (κ1) is 35.7. The lowest BCUT2D eigenvalue weighted by Gasteiger charge is -2.43.